The standard InChI is InChI=1S/C16H19N3O2/c1-17-9-12-4-3-5-16-15(12)6-7-19(16)10-13-8-14(11-20-2)21-18-13/h3-8,17H,9-11H2,1-2H3. The van der Waals surface area contributed by atoms with Crippen LogP contribution in [0.2, 0.25) is 0 Å². The van der Waals surface area contributed by atoms with Crippen LogP contribution in [0, 0.1) is 0 Å². The lowest BCUT2D eigenvalue weighted by atomic mass is 10.1. The summed E-state index contributed by atoms with van der Waals surface area (Å²) in [7, 11) is 3.60. The molecule has 0 saturated heterocycles. The molecular weight excluding hydrogens is 266 g/mol. The maximum atomic E-state index is 5.23. The molecule has 3 rings (SSSR count). The van der Waals surface area contributed by atoms with Gasteiger partial charge in [0.05, 0.1) is 6.54 Å². The fourth-order valence-corrected chi connectivity index (χ4v) is 2.58. The first kappa shape index (κ1) is 13.9. The molecule has 5 heteroatoms. The third kappa shape index (κ3) is 2.84. The molecule has 110 valence electrons. The SMILES string of the molecule is CNCc1cccc2c1ccn2Cc1cc(COC)on1. The number of hydrogen-bond acceptors (Lipinski definition) is 4. The summed E-state index contributed by atoms with van der Waals surface area (Å²) in [5, 5.41) is 8.56. The topological polar surface area (TPSA) is 52.2 Å². The lowest BCUT2D eigenvalue weighted by molar-refractivity contribution is 0.155. The molecule has 3 aromatic rings. The van der Waals surface area contributed by atoms with Crippen LogP contribution >= 0.6 is 0 Å². The van der Waals surface area contributed by atoms with Gasteiger partial charge in [-0.1, -0.05) is 17.3 Å². The van der Waals surface area contributed by atoms with E-state index in [0.29, 0.717) is 13.2 Å². The van der Waals surface area contributed by atoms with E-state index in [4.69, 9.17) is 9.26 Å². The zero-order chi connectivity index (χ0) is 14.7. The van der Waals surface area contributed by atoms with Crippen molar-refractivity contribution in [3.05, 3.63) is 53.5 Å². The first-order valence-corrected chi connectivity index (χ1v) is 6.96. The van der Waals surface area contributed by atoms with Crippen molar-refractivity contribution in [1.82, 2.24) is 15.0 Å². The largest absolute Gasteiger partial charge is 0.377 e. The Hall–Kier alpha value is -2.11. The normalized spacial score (nSPS) is 11.3. The molecule has 0 fully saturated rings. The van der Waals surface area contributed by atoms with Gasteiger partial charge in [-0.25, -0.2) is 0 Å². The maximum Gasteiger partial charge on any atom is 0.162 e. The van der Waals surface area contributed by atoms with E-state index in [1.807, 2.05) is 13.1 Å². The van der Waals surface area contributed by atoms with Gasteiger partial charge in [-0.2, -0.15) is 0 Å². The molecule has 21 heavy (non-hydrogen) atoms. The van der Waals surface area contributed by atoms with Crippen molar-refractivity contribution in [2.24, 2.45) is 0 Å². The van der Waals surface area contributed by atoms with E-state index in [1.54, 1.807) is 7.11 Å². The monoisotopic (exact) mass is 285 g/mol. The summed E-state index contributed by atoms with van der Waals surface area (Å²) in [4.78, 5) is 0. The van der Waals surface area contributed by atoms with Gasteiger partial charge in [-0.3, -0.25) is 0 Å². The molecule has 0 spiro atoms. The van der Waals surface area contributed by atoms with E-state index in [9.17, 15) is 0 Å². The Morgan fingerprint density at radius 2 is 2.24 bits per heavy atom. The van der Waals surface area contributed by atoms with Crippen molar-refractivity contribution >= 4 is 10.9 Å². The number of nitrogens with zero attached hydrogens (tertiary/aromatic N) is 2. The summed E-state index contributed by atoms with van der Waals surface area (Å²) in [5.41, 5.74) is 3.41. The van der Waals surface area contributed by atoms with Crippen LogP contribution in [0.5, 0.6) is 0 Å². The highest BCUT2D eigenvalue weighted by molar-refractivity contribution is 5.83. The second kappa shape index (κ2) is 6.11. The van der Waals surface area contributed by atoms with Crippen molar-refractivity contribution < 1.29 is 9.26 Å². The number of methoxy groups -OCH3 is 1. The van der Waals surface area contributed by atoms with E-state index in [2.05, 4.69) is 45.5 Å². The number of nitrogens with one attached hydrogen (secondary N) is 1. The fraction of sp³-hybridized carbons (Fsp3) is 0.312. The highest BCUT2D eigenvalue weighted by atomic mass is 16.5. The van der Waals surface area contributed by atoms with Crippen LogP contribution in [-0.2, 0) is 24.4 Å². The number of ether oxygens (including phenoxy) is 1. The minimum absolute atomic E-state index is 0.450. The van der Waals surface area contributed by atoms with E-state index < -0.39 is 0 Å². The van der Waals surface area contributed by atoms with Crippen LogP contribution in [-0.4, -0.2) is 23.9 Å². The Morgan fingerprint density at radius 1 is 1.33 bits per heavy atom. The Morgan fingerprint density at radius 3 is 3.05 bits per heavy atom. The van der Waals surface area contributed by atoms with Crippen molar-refractivity contribution in [3.63, 3.8) is 0 Å². The van der Waals surface area contributed by atoms with Crippen LogP contribution in [0.4, 0.5) is 0 Å². The average molecular weight is 285 g/mol. The molecule has 0 unspecified atom stereocenters. The summed E-state index contributed by atoms with van der Waals surface area (Å²) in [5.74, 6) is 0.750. The third-order valence-corrected chi connectivity index (χ3v) is 3.50. The van der Waals surface area contributed by atoms with E-state index >= 15 is 0 Å². The van der Waals surface area contributed by atoms with Crippen molar-refractivity contribution in [2.75, 3.05) is 14.2 Å². The summed E-state index contributed by atoms with van der Waals surface area (Å²) in [6, 6.07) is 10.5. The first-order valence-electron chi connectivity index (χ1n) is 6.96. The van der Waals surface area contributed by atoms with Crippen LogP contribution in [0.25, 0.3) is 10.9 Å². The van der Waals surface area contributed by atoms with Gasteiger partial charge in [0.25, 0.3) is 0 Å². The van der Waals surface area contributed by atoms with Gasteiger partial charge in [0.2, 0.25) is 0 Å². The first-order chi connectivity index (χ1) is 10.3. The number of rotatable bonds is 6. The van der Waals surface area contributed by atoms with Crippen LogP contribution in [0.15, 0.2) is 41.1 Å². The van der Waals surface area contributed by atoms with Gasteiger partial charge < -0.3 is 19.1 Å². The molecular formula is C16H19N3O2. The molecule has 0 aliphatic carbocycles. The lowest BCUT2D eigenvalue weighted by Crippen LogP contribution is -2.05. The Bertz CT molecular complexity index is 730. The molecule has 0 radical (unpaired) electrons. The van der Waals surface area contributed by atoms with Gasteiger partial charge in [0, 0.05) is 36.8 Å². The van der Waals surface area contributed by atoms with Crippen molar-refractivity contribution in [1.29, 1.82) is 0 Å². The summed E-state index contributed by atoms with van der Waals surface area (Å²) >= 11 is 0. The molecule has 2 heterocycles. The summed E-state index contributed by atoms with van der Waals surface area (Å²) in [6.07, 6.45) is 2.09. The van der Waals surface area contributed by atoms with Gasteiger partial charge in [0.1, 0.15) is 12.3 Å². The van der Waals surface area contributed by atoms with E-state index in [0.717, 1.165) is 18.0 Å². The van der Waals surface area contributed by atoms with Gasteiger partial charge in [0.15, 0.2) is 5.76 Å². The van der Waals surface area contributed by atoms with Crippen LogP contribution in [0.1, 0.15) is 17.0 Å². The Balaban J connectivity index is 1.88. The minimum atomic E-state index is 0.450. The quantitative estimate of drug-likeness (QED) is 0.756. The van der Waals surface area contributed by atoms with E-state index in [1.165, 1.54) is 16.5 Å². The van der Waals surface area contributed by atoms with Crippen LogP contribution < -0.4 is 5.32 Å². The third-order valence-electron chi connectivity index (χ3n) is 3.50. The van der Waals surface area contributed by atoms with E-state index in [-0.39, 0.29) is 0 Å². The van der Waals surface area contributed by atoms with Gasteiger partial charge in [-0.15, -0.1) is 0 Å². The highest BCUT2D eigenvalue weighted by Crippen LogP contribution is 2.21. The number of benzene rings is 1. The second-order valence-corrected chi connectivity index (χ2v) is 5.04. The molecule has 0 bridgehead atoms. The highest BCUT2D eigenvalue weighted by Gasteiger charge is 2.08. The molecule has 0 aliphatic rings. The number of aromatic nitrogens is 2. The molecule has 1 N–H and O–H groups in total. The molecule has 0 aliphatic heterocycles. The molecule has 2 aromatic heterocycles. The minimum Gasteiger partial charge on any atom is -0.377 e. The predicted molar refractivity (Wildman–Crippen MR) is 81.0 cm³/mol. The molecule has 1 aromatic carbocycles. The van der Waals surface area contributed by atoms with Gasteiger partial charge in [-0.05, 0) is 24.7 Å². The maximum absolute atomic E-state index is 5.23. The fourth-order valence-electron chi connectivity index (χ4n) is 2.58. The average Bonchev–Trinajstić information content (AvgIpc) is 3.09. The van der Waals surface area contributed by atoms with Crippen molar-refractivity contribution in [3.8, 4) is 0 Å². The smallest absolute Gasteiger partial charge is 0.162 e. The lowest BCUT2D eigenvalue weighted by Gasteiger charge is -2.05. The van der Waals surface area contributed by atoms with Crippen LogP contribution in [0.3, 0.4) is 0 Å². The Kier molecular flexibility index (Phi) is 4.03. The van der Waals surface area contributed by atoms with Gasteiger partial charge >= 0.3 is 0 Å². The Labute approximate surface area is 123 Å². The molecule has 0 atom stereocenters. The number of hydrogen-bond donors (Lipinski definition) is 1. The molecule has 0 amide bonds. The molecule has 5 nitrogen and oxygen atoms in total. The summed E-state index contributed by atoms with van der Waals surface area (Å²) in [6.45, 7) is 2.01. The summed E-state index contributed by atoms with van der Waals surface area (Å²) < 4.78 is 12.5. The second-order valence-electron chi connectivity index (χ2n) is 5.04. The number of fused-ring (bicyclic) bond motifs is 1. The predicted octanol–water partition coefficient (Wildman–Crippen LogP) is 2.54. The molecule has 0 saturated carbocycles. The van der Waals surface area contributed by atoms with Crippen molar-refractivity contribution in [2.45, 2.75) is 19.7 Å². The zero-order valence-electron chi connectivity index (χ0n) is 12.3. The zero-order valence-corrected chi connectivity index (χ0v) is 12.3.